The van der Waals surface area contributed by atoms with Crippen molar-refractivity contribution >= 4 is 5.97 Å². The molecule has 2 nitrogen and oxygen atoms in total. The van der Waals surface area contributed by atoms with E-state index in [1.807, 2.05) is 0 Å². The van der Waals surface area contributed by atoms with Gasteiger partial charge in [-0.1, -0.05) is 12.2 Å². The summed E-state index contributed by atoms with van der Waals surface area (Å²) in [6.07, 6.45) is 9.61. The quantitative estimate of drug-likeness (QED) is 0.675. The predicted octanol–water partition coefficient (Wildman–Crippen LogP) is 2.45. The second-order valence-corrected chi connectivity index (χ2v) is 4.33. The zero-order chi connectivity index (χ0) is 9.26. The standard InChI is InChI=1S/C11H16O2/c12-11(13)3-1-2-9-6-8-4-5-10(9)7-8/h4-5,8-10H,1-3,6-7H2,(H,12,13). The molecule has 3 atom stereocenters. The van der Waals surface area contributed by atoms with Crippen LogP contribution in [-0.2, 0) is 4.79 Å². The zero-order valence-electron chi connectivity index (χ0n) is 7.78. The van der Waals surface area contributed by atoms with Gasteiger partial charge in [0.2, 0.25) is 0 Å². The fraction of sp³-hybridized carbons (Fsp3) is 0.727. The maximum Gasteiger partial charge on any atom is 0.303 e. The Morgan fingerprint density at radius 2 is 2.23 bits per heavy atom. The number of aliphatic carboxylic acids is 1. The minimum absolute atomic E-state index is 0.345. The monoisotopic (exact) mass is 180 g/mol. The van der Waals surface area contributed by atoms with E-state index in [0.29, 0.717) is 6.42 Å². The van der Waals surface area contributed by atoms with Crippen molar-refractivity contribution in [1.82, 2.24) is 0 Å². The van der Waals surface area contributed by atoms with E-state index in [2.05, 4.69) is 12.2 Å². The molecule has 13 heavy (non-hydrogen) atoms. The van der Waals surface area contributed by atoms with Crippen LogP contribution in [0.1, 0.15) is 32.1 Å². The fourth-order valence-electron chi connectivity index (χ4n) is 2.74. The van der Waals surface area contributed by atoms with Gasteiger partial charge in [0.25, 0.3) is 0 Å². The molecule has 0 aromatic carbocycles. The van der Waals surface area contributed by atoms with Crippen LogP contribution < -0.4 is 0 Å². The summed E-state index contributed by atoms with van der Waals surface area (Å²) < 4.78 is 0. The Morgan fingerprint density at radius 3 is 2.77 bits per heavy atom. The van der Waals surface area contributed by atoms with Crippen molar-refractivity contribution in [2.75, 3.05) is 0 Å². The Kier molecular flexibility index (Phi) is 2.38. The molecule has 0 aliphatic heterocycles. The van der Waals surface area contributed by atoms with Gasteiger partial charge in [0.15, 0.2) is 0 Å². The van der Waals surface area contributed by atoms with E-state index in [4.69, 9.17) is 5.11 Å². The van der Waals surface area contributed by atoms with E-state index in [0.717, 1.165) is 30.6 Å². The van der Waals surface area contributed by atoms with Crippen molar-refractivity contribution in [3.8, 4) is 0 Å². The normalized spacial score (nSPS) is 35.5. The first-order valence-corrected chi connectivity index (χ1v) is 5.16. The average Bonchev–Trinajstić information content (AvgIpc) is 2.64. The van der Waals surface area contributed by atoms with Crippen molar-refractivity contribution in [1.29, 1.82) is 0 Å². The van der Waals surface area contributed by atoms with Gasteiger partial charge in [-0.2, -0.15) is 0 Å². The second-order valence-electron chi connectivity index (χ2n) is 4.33. The molecule has 2 heteroatoms. The van der Waals surface area contributed by atoms with Crippen molar-refractivity contribution in [2.45, 2.75) is 32.1 Å². The van der Waals surface area contributed by atoms with E-state index in [9.17, 15) is 4.79 Å². The Hall–Kier alpha value is -0.790. The van der Waals surface area contributed by atoms with Crippen LogP contribution in [0.4, 0.5) is 0 Å². The number of allylic oxidation sites excluding steroid dienone is 2. The lowest BCUT2D eigenvalue weighted by atomic mass is 9.89. The van der Waals surface area contributed by atoms with Gasteiger partial charge in [0.1, 0.15) is 0 Å². The molecular formula is C11H16O2. The number of carbonyl (C=O) groups is 1. The molecule has 3 unspecified atom stereocenters. The summed E-state index contributed by atoms with van der Waals surface area (Å²) >= 11 is 0. The summed E-state index contributed by atoms with van der Waals surface area (Å²) in [4.78, 5) is 10.3. The van der Waals surface area contributed by atoms with Gasteiger partial charge >= 0.3 is 5.97 Å². The average molecular weight is 180 g/mol. The molecule has 2 aliphatic rings. The molecule has 0 spiro atoms. The summed E-state index contributed by atoms with van der Waals surface area (Å²) in [6, 6.07) is 0. The van der Waals surface area contributed by atoms with Crippen LogP contribution in [0, 0.1) is 17.8 Å². The van der Waals surface area contributed by atoms with Crippen LogP contribution in [0.15, 0.2) is 12.2 Å². The summed E-state index contributed by atoms with van der Waals surface area (Å²) in [5, 5.41) is 8.51. The number of fused-ring (bicyclic) bond motifs is 2. The van der Waals surface area contributed by atoms with Gasteiger partial charge in [0.05, 0.1) is 0 Å². The Labute approximate surface area is 78.6 Å². The number of rotatable bonds is 4. The third-order valence-corrected chi connectivity index (χ3v) is 3.38. The Morgan fingerprint density at radius 1 is 1.38 bits per heavy atom. The highest BCUT2D eigenvalue weighted by atomic mass is 16.4. The number of hydrogen-bond acceptors (Lipinski definition) is 1. The lowest BCUT2D eigenvalue weighted by Crippen LogP contribution is -2.07. The predicted molar refractivity (Wildman–Crippen MR) is 50.3 cm³/mol. The minimum Gasteiger partial charge on any atom is -0.481 e. The molecular weight excluding hydrogens is 164 g/mol. The van der Waals surface area contributed by atoms with E-state index in [1.165, 1.54) is 12.8 Å². The van der Waals surface area contributed by atoms with Gasteiger partial charge in [0, 0.05) is 6.42 Å². The van der Waals surface area contributed by atoms with Crippen LogP contribution in [-0.4, -0.2) is 11.1 Å². The van der Waals surface area contributed by atoms with Gasteiger partial charge in [-0.15, -0.1) is 0 Å². The topological polar surface area (TPSA) is 37.3 Å². The number of carboxylic acids is 1. The first-order chi connectivity index (χ1) is 6.25. The van der Waals surface area contributed by atoms with Gasteiger partial charge in [-0.05, 0) is 43.4 Å². The van der Waals surface area contributed by atoms with Crippen LogP contribution in [0.5, 0.6) is 0 Å². The van der Waals surface area contributed by atoms with Gasteiger partial charge in [-0.3, -0.25) is 4.79 Å². The first kappa shape index (κ1) is 8.79. The van der Waals surface area contributed by atoms with Crippen LogP contribution in [0.25, 0.3) is 0 Å². The maximum absolute atomic E-state index is 10.3. The molecule has 0 radical (unpaired) electrons. The van der Waals surface area contributed by atoms with Crippen LogP contribution in [0.3, 0.4) is 0 Å². The molecule has 2 aliphatic carbocycles. The molecule has 0 aromatic heterocycles. The van der Waals surface area contributed by atoms with E-state index in [1.54, 1.807) is 0 Å². The number of carboxylic acid groups (broad SMARTS) is 1. The molecule has 2 rings (SSSR count). The number of hydrogen-bond donors (Lipinski definition) is 1. The minimum atomic E-state index is -0.654. The maximum atomic E-state index is 10.3. The molecule has 0 amide bonds. The smallest absolute Gasteiger partial charge is 0.303 e. The molecule has 2 bridgehead atoms. The largest absolute Gasteiger partial charge is 0.481 e. The molecule has 0 heterocycles. The Balaban J connectivity index is 1.72. The van der Waals surface area contributed by atoms with Crippen molar-refractivity contribution in [2.24, 2.45) is 17.8 Å². The van der Waals surface area contributed by atoms with Crippen LogP contribution >= 0.6 is 0 Å². The Bertz CT molecular complexity index is 232. The van der Waals surface area contributed by atoms with Gasteiger partial charge in [-0.25, -0.2) is 0 Å². The molecule has 1 saturated carbocycles. The summed E-state index contributed by atoms with van der Waals surface area (Å²) in [5.41, 5.74) is 0. The fourth-order valence-corrected chi connectivity index (χ4v) is 2.74. The third-order valence-electron chi connectivity index (χ3n) is 3.38. The van der Waals surface area contributed by atoms with Crippen molar-refractivity contribution in [3.63, 3.8) is 0 Å². The van der Waals surface area contributed by atoms with Crippen LogP contribution in [0.2, 0.25) is 0 Å². The van der Waals surface area contributed by atoms with E-state index >= 15 is 0 Å². The second kappa shape index (κ2) is 3.52. The van der Waals surface area contributed by atoms with Crippen molar-refractivity contribution in [3.05, 3.63) is 12.2 Å². The van der Waals surface area contributed by atoms with Gasteiger partial charge < -0.3 is 5.11 Å². The summed E-state index contributed by atoms with van der Waals surface area (Å²) in [7, 11) is 0. The lowest BCUT2D eigenvalue weighted by molar-refractivity contribution is -0.137. The SMILES string of the molecule is O=C(O)CCCC1CC2C=CC1C2. The summed E-state index contributed by atoms with van der Waals surface area (Å²) in [5.74, 6) is 1.73. The van der Waals surface area contributed by atoms with E-state index in [-0.39, 0.29) is 0 Å². The van der Waals surface area contributed by atoms with E-state index < -0.39 is 5.97 Å². The first-order valence-electron chi connectivity index (χ1n) is 5.16. The molecule has 72 valence electrons. The molecule has 0 saturated heterocycles. The summed E-state index contributed by atoms with van der Waals surface area (Å²) in [6.45, 7) is 0. The zero-order valence-corrected chi connectivity index (χ0v) is 7.78. The third kappa shape index (κ3) is 1.93. The molecule has 0 aromatic rings. The highest BCUT2D eigenvalue weighted by Crippen LogP contribution is 2.45. The molecule has 1 fully saturated rings. The highest BCUT2D eigenvalue weighted by Gasteiger charge is 2.34. The van der Waals surface area contributed by atoms with Crippen molar-refractivity contribution < 1.29 is 9.90 Å². The molecule has 1 N–H and O–H groups in total. The lowest BCUT2D eigenvalue weighted by Gasteiger charge is -2.16. The highest BCUT2D eigenvalue weighted by molar-refractivity contribution is 5.66.